The third kappa shape index (κ3) is 3.24. The molecule has 0 aliphatic carbocycles. The van der Waals surface area contributed by atoms with Crippen molar-refractivity contribution in [1.29, 1.82) is 0 Å². The van der Waals surface area contributed by atoms with Crippen molar-refractivity contribution in [2.45, 2.75) is 6.10 Å². The Morgan fingerprint density at radius 3 is 2.73 bits per heavy atom. The normalized spacial score (nSPS) is 12.2. The molecule has 1 aromatic carbocycles. The van der Waals surface area contributed by atoms with Crippen molar-refractivity contribution >= 4 is 22.8 Å². The number of thiophene rings is 1. The fraction of sp³-hybridized carbons (Fsp3) is 0.167. The minimum absolute atomic E-state index is 0.334. The Morgan fingerprint density at radius 2 is 2.00 bits per heavy atom. The van der Waals surface area contributed by atoms with Gasteiger partial charge in [0, 0.05) is 17.5 Å². The molecule has 132 valence electrons. The zero-order chi connectivity index (χ0) is 17.9. The van der Waals surface area contributed by atoms with Gasteiger partial charge in [-0.25, -0.2) is 0 Å². The van der Waals surface area contributed by atoms with Crippen LogP contribution in [-0.2, 0) is 0 Å². The largest absolute Gasteiger partial charge is 0.497 e. The second kappa shape index (κ2) is 7.11. The number of methoxy groups -OCH3 is 1. The quantitative estimate of drug-likeness (QED) is 0.545. The molecule has 4 rings (SSSR count). The number of aromatic nitrogens is 4. The molecule has 1 atom stereocenters. The number of hydrogen-bond donors (Lipinski definition) is 2. The van der Waals surface area contributed by atoms with Gasteiger partial charge in [0.2, 0.25) is 0 Å². The molecule has 0 saturated carbocycles. The highest BCUT2D eigenvalue weighted by Crippen LogP contribution is 2.21. The molecular formula is C18H17N5O2S. The fourth-order valence-electron chi connectivity index (χ4n) is 2.60. The first-order valence-electron chi connectivity index (χ1n) is 8.05. The zero-order valence-electron chi connectivity index (χ0n) is 14.0. The monoisotopic (exact) mass is 367 g/mol. The highest BCUT2D eigenvalue weighted by molar-refractivity contribution is 7.08. The first-order valence-corrected chi connectivity index (χ1v) is 9.00. The van der Waals surface area contributed by atoms with Gasteiger partial charge in [-0.1, -0.05) is 12.1 Å². The first-order chi connectivity index (χ1) is 12.7. The fourth-order valence-corrected chi connectivity index (χ4v) is 3.23. The maximum Gasteiger partial charge on any atom is 0.186 e. The van der Waals surface area contributed by atoms with E-state index in [2.05, 4.69) is 20.6 Å². The van der Waals surface area contributed by atoms with Crippen LogP contribution in [0.5, 0.6) is 5.75 Å². The molecule has 26 heavy (non-hydrogen) atoms. The van der Waals surface area contributed by atoms with Gasteiger partial charge in [-0.2, -0.15) is 15.9 Å². The van der Waals surface area contributed by atoms with Gasteiger partial charge in [-0.05, 0) is 41.3 Å². The summed E-state index contributed by atoms with van der Waals surface area (Å²) in [6.45, 7) is 0.334. The number of hydrogen-bond acceptors (Lipinski definition) is 7. The third-order valence-corrected chi connectivity index (χ3v) is 4.70. The minimum atomic E-state index is -0.657. The highest BCUT2D eigenvalue weighted by atomic mass is 32.1. The average Bonchev–Trinajstić information content (AvgIpc) is 3.35. The summed E-state index contributed by atoms with van der Waals surface area (Å²) in [5.74, 6) is 2.09. The van der Waals surface area contributed by atoms with E-state index in [9.17, 15) is 5.11 Å². The maximum atomic E-state index is 10.4. The second-order valence-corrected chi connectivity index (χ2v) is 6.47. The van der Waals surface area contributed by atoms with Gasteiger partial charge in [0.05, 0.1) is 13.2 Å². The Balaban J connectivity index is 1.51. The predicted molar refractivity (Wildman–Crippen MR) is 101 cm³/mol. The molecule has 2 N–H and O–H groups in total. The van der Waals surface area contributed by atoms with Crippen LogP contribution in [0.3, 0.4) is 0 Å². The third-order valence-electron chi connectivity index (χ3n) is 4.02. The molecule has 0 aliphatic rings. The summed E-state index contributed by atoms with van der Waals surface area (Å²) in [4.78, 5) is 0. The predicted octanol–water partition coefficient (Wildman–Crippen LogP) is 3.01. The summed E-state index contributed by atoms with van der Waals surface area (Å²) in [5.41, 5.74) is 2.46. The Hall–Kier alpha value is -2.97. The highest BCUT2D eigenvalue weighted by Gasteiger charge is 2.12. The molecule has 4 aromatic rings. The Bertz CT molecular complexity index is 998. The van der Waals surface area contributed by atoms with Crippen molar-refractivity contribution in [3.8, 4) is 17.1 Å². The number of nitrogens with one attached hydrogen (secondary N) is 1. The summed E-state index contributed by atoms with van der Waals surface area (Å²) >= 11 is 1.60. The molecular weight excluding hydrogens is 350 g/mol. The summed E-state index contributed by atoms with van der Waals surface area (Å²) in [5, 5.41) is 30.4. The van der Waals surface area contributed by atoms with Gasteiger partial charge >= 0.3 is 0 Å². The van der Waals surface area contributed by atoms with Crippen LogP contribution in [0.25, 0.3) is 17.0 Å². The molecule has 7 nitrogen and oxygen atoms in total. The SMILES string of the molecule is COc1ccc(C(O)CNc2ccc3nnc(-c4ccsc4)n3n2)cc1. The Kier molecular flexibility index (Phi) is 4.51. The van der Waals surface area contributed by atoms with Gasteiger partial charge in [-0.15, -0.1) is 15.3 Å². The molecule has 8 heteroatoms. The number of anilines is 1. The van der Waals surface area contributed by atoms with Gasteiger partial charge in [0.15, 0.2) is 11.5 Å². The smallest absolute Gasteiger partial charge is 0.186 e. The van der Waals surface area contributed by atoms with E-state index in [0.717, 1.165) is 16.9 Å². The van der Waals surface area contributed by atoms with E-state index in [0.29, 0.717) is 23.8 Å². The summed E-state index contributed by atoms with van der Waals surface area (Å²) in [6.07, 6.45) is -0.657. The molecule has 0 aliphatic heterocycles. The number of aliphatic hydroxyl groups is 1. The first kappa shape index (κ1) is 16.5. The maximum absolute atomic E-state index is 10.4. The molecule has 0 fully saturated rings. The number of nitrogens with zero attached hydrogens (tertiary/aromatic N) is 4. The standard InChI is InChI=1S/C18H17N5O2S/c1-25-14-4-2-12(3-5-14)15(24)10-19-16-6-7-17-20-21-18(23(17)22-16)13-8-9-26-11-13/h2-9,11,15,24H,10H2,1H3,(H,19,22). The van der Waals surface area contributed by atoms with E-state index in [-0.39, 0.29) is 0 Å². The molecule has 0 radical (unpaired) electrons. The van der Waals surface area contributed by atoms with Crippen LogP contribution in [0.4, 0.5) is 5.82 Å². The van der Waals surface area contributed by atoms with Crippen LogP contribution >= 0.6 is 11.3 Å². The number of benzene rings is 1. The Labute approximate surface area is 153 Å². The second-order valence-electron chi connectivity index (χ2n) is 5.69. The van der Waals surface area contributed by atoms with E-state index in [4.69, 9.17) is 4.74 Å². The van der Waals surface area contributed by atoms with Crippen LogP contribution in [0, 0.1) is 0 Å². The topological polar surface area (TPSA) is 84.6 Å². The van der Waals surface area contributed by atoms with E-state index < -0.39 is 6.10 Å². The number of fused-ring (bicyclic) bond motifs is 1. The van der Waals surface area contributed by atoms with Crippen molar-refractivity contribution < 1.29 is 9.84 Å². The molecule has 1 unspecified atom stereocenters. The van der Waals surface area contributed by atoms with Gasteiger partial charge in [-0.3, -0.25) is 0 Å². The van der Waals surface area contributed by atoms with Crippen molar-refractivity contribution in [2.75, 3.05) is 19.0 Å². The molecule has 0 bridgehead atoms. The minimum Gasteiger partial charge on any atom is -0.497 e. The lowest BCUT2D eigenvalue weighted by Crippen LogP contribution is -2.13. The lowest BCUT2D eigenvalue weighted by molar-refractivity contribution is 0.191. The van der Waals surface area contributed by atoms with E-state index >= 15 is 0 Å². The lowest BCUT2D eigenvalue weighted by atomic mass is 10.1. The molecule has 0 amide bonds. The van der Waals surface area contributed by atoms with Crippen LogP contribution in [0.2, 0.25) is 0 Å². The van der Waals surface area contributed by atoms with Crippen molar-refractivity contribution in [1.82, 2.24) is 19.8 Å². The van der Waals surface area contributed by atoms with Crippen molar-refractivity contribution in [2.24, 2.45) is 0 Å². The van der Waals surface area contributed by atoms with E-state index in [1.165, 1.54) is 0 Å². The van der Waals surface area contributed by atoms with Crippen LogP contribution < -0.4 is 10.1 Å². The van der Waals surface area contributed by atoms with Crippen LogP contribution in [0.1, 0.15) is 11.7 Å². The average molecular weight is 367 g/mol. The van der Waals surface area contributed by atoms with Crippen molar-refractivity contribution in [3.63, 3.8) is 0 Å². The van der Waals surface area contributed by atoms with Crippen LogP contribution in [0.15, 0.2) is 53.2 Å². The van der Waals surface area contributed by atoms with Gasteiger partial charge in [0.1, 0.15) is 11.6 Å². The summed E-state index contributed by atoms with van der Waals surface area (Å²) in [7, 11) is 1.62. The van der Waals surface area contributed by atoms with E-state index in [1.807, 2.05) is 53.2 Å². The van der Waals surface area contributed by atoms with Gasteiger partial charge < -0.3 is 15.2 Å². The van der Waals surface area contributed by atoms with E-state index in [1.54, 1.807) is 23.0 Å². The number of aliphatic hydroxyl groups excluding tert-OH is 1. The summed E-state index contributed by atoms with van der Waals surface area (Å²) in [6, 6.07) is 13.0. The molecule has 3 aromatic heterocycles. The van der Waals surface area contributed by atoms with Crippen LogP contribution in [-0.4, -0.2) is 38.6 Å². The molecule has 0 saturated heterocycles. The number of ether oxygens (including phenoxy) is 1. The number of rotatable bonds is 6. The molecule has 0 spiro atoms. The van der Waals surface area contributed by atoms with Gasteiger partial charge in [0.25, 0.3) is 0 Å². The molecule has 3 heterocycles. The van der Waals surface area contributed by atoms with Crippen molar-refractivity contribution in [3.05, 3.63) is 58.8 Å². The Morgan fingerprint density at radius 1 is 1.15 bits per heavy atom. The summed E-state index contributed by atoms with van der Waals surface area (Å²) < 4.78 is 6.83. The lowest BCUT2D eigenvalue weighted by Gasteiger charge is -2.13. The zero-order valence-corrected chi connectivity index (χ0v) is 14.8.